The summed E-state index contributed by atoms with van der Waals surface area (Å²) < 4.78 is 10.8. The molecule has 0 unspecified atom stereocenters. The highest BCUT2D eigenvalue weighted by atomic mass is 127. The molecule has 0 aliphatic heterocycles. The van der Waals surface area contributed by atoms with E-state index in [1.807, 2.05) is 30.3 Å². The maximum Gasteiger partial charge on any atom is 0.195 e. The number of fused-ring (bicyclic) bond motifs is 1. The normalized spacial score (nSPS) is 11.2. The van der Waals surface area contributed by atoms with Gasteiger partial charge in [0.05, 0.1) is 6.61 Å². The fraction of sp³-hybridized carbons (Fsp3) is 0.318. The van der Waals surface area contributed by atoms with Crippen molar-refractivity contribution in [1.82, 2.24) is 10.3 Å². The third-order valence-electron chi connectivity index (χ3n) is 4.44. The number of hydrogen-bond donors (Lipinski definition) is 3. The van der Waals surface area contributed by atoms with Gasteiger partial charge in [-0.3, -0.25) is 4.99 Å². The second-order valence-electron chi connectivity index (χ2n) is 6.46. The Balaban J connectivity index is 0.00000300. The molecule has 6 nitrogen and oxygen atoms in total. The molecule has 2 aromatic carbocycles. The van der Waals surface area contributed by atoms with Gasteiger partial charge in [-0.05, 0) is 30.2 Å². The molecule has 0 radical (unpaired) electrons. The summed E-state index contributed by atoms with van der Waals surface area (Å²) in [5, 5.41) is 7.95. The summed E-state index contributed by atoms with van der Waals surface area (Å²) in [6, 6.07) is 16.2. The Morgan fingerprint density at radius 1 is 1.10 bits per heavy atom. The fourth-order valence-electron chi connectivity index (χ4n) is 3.03. The number of nitrogens with zero attached hydrogens (tertiary/aromatic N) is 1. The fourth-order valence-corrected chi connectivity index (χ4v) is 3.03. The number of nitrogens with one attached hydrogen (secondary N) is 3. The first-order valence-electron chi connectivity index (χ1n) is 9.54. The first-order valence-corrected chi connectivity index (χ1v) is 9.54. The van der Waals surface area contributed by atoms with Crippen molar-refractivity contribution in [3.05, 3.63) is 60.3 Å². The van der Waals surface area contributed by atoms with Crippen molar-refractivity contribution in [2.45, 2.75) is 12.8 Å². The number of methoxy groups -OCH3 is 1. The molecule has 0 aliphatic carbocycles. The van der Waals surface area contributed by atoms with Gasteiger partial charge in [-0.2, -0.15) is 0 Å². The molecule has 0 fully saturated rings. The molecule has 3 rings (SSSR count). The Kier molecular flexibility index (Phi) is 9.79. The van der Waals surface area contributed by atoms with Crippen molar-refractivity contribution in [3.8, 4) is 5.75 Å². The number of ether oxygens (including phenoxy) is 2. The van der Waals surface area contributed by atoms with Crippen LogP contribution in [0.25, 0.3) is 10.9 Å². The summed E-state index contributed by atoms with van der Waals surface area (Å²) in [6.45, 7) is 2.12. The topological polar surface area (TPSA) is 70.7 Å². The summed E-state index contributed by atoms with van der Waals surface area (Å²) in [5.74, 6) is 1.56. The summed E-state index contributed by atoms with van der Waals surface area (Å²) in [4.78, 5) is 7.63. The van der Waals surface area contributed by atoms with E-state index in [1.165, 1.54) is 16.5 Å². The monoisotopic (exact) mass is 508 g/mol. The van der Waals surface area contributed by atoms with Crippen LogP contribution in [-0.4, -0.2) is 44.9 Å². The molecule has 3 aromatic rings. The van der Waals surface area contributed by atoms with E-state index in [1.54, 1.807) is 14.2 Å². The molecule has 29 heavy (non-hydrogen) atoms. The molecule has 156 valence electrons. The summed E-state index contributed by atoms with van der Waals surface area (Å²) in [6.07, 6.45) is 3.85. The first kappa shape index (κ1) is 23.0. The van der Waals surface area contributed by atoms with Gasteiger partial charge >= 0.3 is 0 Å². The molecular weight excluding hydrogens is 479 g/mol. The summed E-state index contributed by atoms with van der Waals surface area (Å²) in [7, 11) is 3.47. The molecule has 0 spiro atoms. The van der Waals surface area contributed by atoms with E-state index in [-0.39, 0.29) is 24.0 Å². The standard InChI is InChI=1S/C22H28N4O2.HI/c1-23-22(24-12-11-17-16-25-21-10-4-3-9-20(17)21)26-18-7-5-8-19(15-18)28-14-6-13-27-2;/h3-5,7-10,15-16,25H,6,11-14H2,1-2H3,(H2,23,24,26);1H. The molecular formula is C22H29IN4O2. The Labute approximate surface area is 189 Å². The Morgan fingerprint density at radius 2 is 1.97 bits per heavy atom. The predicted molar refractivity (Wildman–Crippen MR) is 131 cm³/mol. The number of para-hydroxylation sites is 1. The zero-order chi connectivity index (χ0) is 19.6. The van der Waals surface area contributed by atoms with Crippen molar-refractivity contribution in [2.24, 2.45) is 4.99 Å². The third-order valence-corrected chi connectivity index (χ3v) is 4.44. The van der Waals surface area contributed by atoms with Gasteiger partial charge in [0.15, 0.2) is 5.96 Å². The van der Waals surface area contributed by atoms with Crippen LogP contribution in [0.4, 0.5) is 5.69 Å². The lowest BCUT2D eigenvalue weighted by Gasteiger charge is -2.13. The van der Waals surface area contributed by atoms with Crippen molar-refractivity contribution >= 4 is 46.5 Å². The number of hydrogen-bond acceptors (Lipinski definition) is 3. The van der Waals surface area contributed by atoms with Gasteiger partial charge in [0.25, 0.3) is 0 Å². The van der Waals surface area contributed by atoms with E-state index in [4.69, 9.17) is 9.47 Å². The minimum Gasteiger partial charge on any atom is -0.493 e. The minimum atomic E-state index is 0. The molecule has 0 atom stereocenters. The van der Waals surface area contributed by atoms with Gasteiger partial charge < -0.3 is 25.1 Å². The average molecular weight is 508 g/mol. The van der Waals surface area contributed by atoms with E-state index in [9.17, 15) is 0 Å². The zero-order valence-corrected chi connectivity index (χ0v) is 19.2. The van der Waals surface area contributed by atoms with Gasteiger partial charge in [-0.1, -0.05) is 24.3 Å². The number of benzene rings is 2. The average Bonchev–Trinajstić information content (AvgIpc) is 3.14. The zero-order valence-electron chi connectivity index (χ0n) is 16.9. The van der Waals surface area contributed by atoms with Crippen molar-refractivity contribution in [2.75, 3.05) is 39.2 Å². The molecule has 1 heterocycles. The number of aromatic nitrogens is 1. The number of anilines is 1. The van der Waals surface area contributed by atoms with E-state index in [0.717, 1.165) is 36.8 Å². The van der Waals surface area contributed by atoms with Crippen LogP contribution in [0.3, 0.4) is 0 Å². The SMILES string of the molecule is CN=C(NCCc1c[nH]c2ccccc12)Nc1cccc(OCCCOC)c1.I. The lowest BCUT2D eigenvalue weighted by Crippen LogP contribution is -2.32. The smallest absolute Gasteiger partial charge is 0.195 e. The number of aromatic amines is 1. The highest BCUT2D eigenvalue weighted by Gasteiger charge is 2.04. The molecule has 7 heteroatoms. The Hall–Kier alpha value is -2.26. The van der Waals surface area contributed by atoms with Gasteiger partial charge in [0.2, 0.25) is 0 Å². The molecule has 1 aromatic heterocycles. The Morgan fingerprint density at radius 3 is 2.79 bits per heavy atom. The van der Waals surface area contributed by atoms with Crippen LogP contribution in [0, 0.1) is 0 Å². The van der Waals surface area contributed by atoms with Crippen molar-refractivity contribution < 1.29 is 9.47 Å². The van der Waals surface area contributed by atoms with Crippen LogP contribution in [0.15, 0.2) is 59.7 Å². The molecule has 0 bridgehead atoms. The second-order valence-corrected chi connectivity index (χ2v) is 6.46. The Bertz CT molecular complexity index is 910. The summed E-state index contributed by atoms with van der Waals surface area (Å²) in [5.41, 5.74) is 3.40. The van der Waals surface area contributed by atoms with Crippen LogP contribution in [0.5, 0.6) is 5.75 Å². The van der Waals surface area contributed by atoms with E-state index >= 15 is 0 Å². The second kappa shape index (κ2) is 12.3. The number of H-pyrrole nitrogens is 1. The van der Waals surface area contributed by atoms with Gasteiger partial charge in [0.1, 0.15) is 5.75 Å². The highest BCUT2D eigenvalue weighted by Crippen LogP contribution is 2.18. The molecule has 0 amide bonds. The maximum absolute atomic E-state index is 5.75. The van der Waals surface area contributed by atoms with Crippen LogP contribution in [-0.2, 0) is 11.2 Å². The van der Waals surface area contributed by atoms with E-state index in [0.29, 0.717) is 13.2 Å². The highest BCUT2D eigenvalue weighted by molar-refractivity contribution is 14.0. The van der Waals surface area contributed by atoms with Crippen molar-refractivity contribution in [1.29, 1.82) is 0 Å². The van der Waals surface area contributed by atoms with Gasteiger partial charge in [0, 0.05) is 62.6 Å². The van der Waals surface area contributed by atoms with Gasteiger partial charge in [-0.15, -0.1) is 24.0 Å². The van der Waals surface area contributed by atoms with Gasteiger partial charge in [-0.25, -0.2) is 0 Å². The maximum atomic E-state index is 5.75. The van der Waals surface area contributed by atoms with Crippen LogP contribution >= 0.6 is 24.0 Å². The first-order chi connectivity index (χ1) is 13.8. The number of aliphatic imine (C=N–C) groups is 1. The quantitative estimate of drug-likeness (QED) is 0.173. The largest absolute Gasteiger partial charge is 0.493 e. The van der Waals surface area contributed by atoms with Crippen LogP contribution in [0.2, 0.25) is 0 Å². The lowest BCUT2D eigenvalue weighted by molar-refractivity contribution is 0.172. The molecule has 0 aliphatic rings. The predicted octanol–water partition coefficient (Wildman–Crippen LogP) is 4.43. The molecule has 0 saturated heterocycles. The van der Waals surface area contributed by atoms with Crippen LogP contribution in [0.1, 0.15) is 12.0 Å². The van der Waals surface area contributed by atoms with Crippen LogP contribution < -0.4 is 15.4 Å². The minimum absolute atomic E-state index is 0. The lowest BCUT2D eigenvalue weighted by atomic mass is 10.1. The third kappa shape index (κ3) is 6.93. The molecule has 3 N–H and O–H groups in total. The van der Waals surface area contributed by atoms with E-state index in [2.05, 4.69) is 45.0 Å². The molecule has 0 saturated carbocycles. The van der Waals surface area contributed by atoms with Crippen molar-refractivity contribution in [3.63, 3.8) is 0 Å². The number of halogens is 1. The number of guanidine groups is 1. The summed E-state index contributed by atoms with van der Waals surface area (Å²) >= 11 is 0. The van der Waals surface area contributed by atoms with E-state index < -0.39 is 0 Å². The number of rotatable bonds is 9.